The second-order valence-corrected chi connectivity index (χ2v) is 7.98. The number of aromatic nitrogens is 1. The van der Waals surface area contributed by atoms with Crippen LogP contribution >= 0.6 is 11.3 Å². The second-order valence-electron chi connectivity index (χ2n) is 7.04. The number of benzene rings is 1. The largest absolute Gasteiger partial charge is 0.486 e. The highest BCUT2D eigenvalue weighted by atomic mass is 32.1. The number of aryl methyl sites for hydroxylation is 1. The van der Waals surface area contributed by atoms with Crippen LogP contribution in [0, 0.1) is 12.8 Å². The molecule has 2 aromatic rings. The smallest absolute Gasteiger partial charge is 0.226 e. The minimum absolute atomic E-state index is 0.0795. The van der Waals surface area contributed by atoms with Crippen molar-refractivity contribution in [1.82, 2.24) is 10.3 Å². The lowest BCUT2D eigenvalue weighted by molar-refractivity contribution is -0.121. The Labute approximate surface area is 153 Å². The van der Waals surface area contributed by atoms with Crippen molar-refractivity contribution in [2.24, 2.45) is 5.92 Å². The van der Waals surface area contributed by atoms with Gasteiger partial charge in [-0.05, 0) is 50.7 Å². The number of hydrogen-bond acceptors (Lipinski definition) is 4. The fourth-order valence-corrected chi connectivity index (χ4v) is 3.83. The summed E-state index contributed by atoms with van der Waals surface area (Å²) in [5.74, 6) is 1.71. The molecule has 1 amide bonds. The van der Waals surface area contributed by atoms with Gasteiger partial charge < -0.3 is 10.1 Å². The van der Waals surface area contributed by atoms with Crippen LogP contribution in [-0.2, 0) is 17.8 Å². The molecule has 1 aliphatic rings. The third kappa shape index (κ3) is 5.56. The van der Waals surface area contributed by atoms with E-state index in [0.717, 1.165) is 35.2 Å². The molecule has 0 unspecified atom stereocenters. The third-order valence-electron chi connectivity index (χ3n) is 4.71. The monoisotopic (exact) mass is 358 g/mol. The Bertz CT molecular complexity index is 688. The van der Waals surface area contributed by atoms with Crippen LogP contribution in [0.4, 0.5) is 0 Å². The predicted molar refractivity (Wildman–Crippen MR) is 101 cm³/mol. The molecule has 3 rings (SSSR count). The van der Waals surface area contributed by atoms with E-state index in [0.29, 0.717) is 19.1 Å². The Morgan fingerprint density at radius 1 is 1.24 bits per heavy atom. The lowest BCUT2D eigenvalue weighted by atomic mass is 9.87. The molecule has 0 radical (unpaired) electrons. The van der Waals surface area contributed by atoms with Gasteiger partial charge in [0.15, 0.2) is 0 Å². The Morgan fingerprint density at radius 3 is 2.68 bits per heavy atom. The van der Waals surface area contributed by atoms with Crippen molar-refractivity contribution in [2.45, 2.75) is 58.6 Å². The number of nitrogens with zero attached hydrogens (tertiary/aromatic N) is 1. The Balaban J connectivity index is 1.44. The van der Waals surface area contributed by atoms with E-state index < -0.39 is 0 Å². The minimum Gasteiger partial charge on any atom is -0.486 e. The van der Waals surface area contributed by atoms with Gasteiger partial charge in [-0.2, -0.15) is 0 Å². The number of amides is 1. The van der Waals surface area contributed by atoms with Gasteiger partial charge in [0.2, 0.25) is 5.91 Å². The highest BCUT2D eigenvalue weighted by Crippen LogP contribution is 2.23. The van der Waals surface area contributed by atoms with E-state index in [1.807, 2.05) is 29.6 Å². The molecule has 1 heterocycles. The van der Waals surface area contributed by atoms with Crippen LogP contribution in [0.5, 0.6) is 5.75 Å². The van der Waals surface area contributed by atoms with Crippen molar-refractivity contribution >= 4 is 17.2 Å². The predicted octanol–water partition coefficient (Wildman–Crippen LogP) is 4.27. The summed E-state index contributed by atoms with van der Waals surface area (Å²) in [6, 6.07) is 8.31. The lowest BCUT2D eigenvalue weighted by Crippen LogP contribution is -2.38. The number of nitrogens with one attached hydrogen (secondary N) is 1. The molecule has 5 heteroatoms. The maximum Gasteiger partial charge on any atom is 0.226 e. The van der Waals surface area contributed by atoms with Gasteiger partial charge in [0.25, 0.3) is 0 Å². The van der Waals surface area contributed by atoms with Crippen molar-refractivity contribution in [3.8, 4) is 5.75 Å². The molecule has 0 aliphatic heterocycles. The van der Waals surface area contributed by atoms with Crippen LogP contribution in [0.15, 0.2) is 29.6 Å². The number of thiazole rings is 1. The van der Waals surface area contributed by atoms with Gasteiger partial charge >= 0.3 is 0 Å². The standard InChI is InChI=1S/C20H26N2O2S/c1-14-3-7-16(8-4-14)21-19(23)11-17-13-25-20(22-17)12-24-18-9-5-15(2)6-10-18/h5-6,9-10,13-14,16H,3-4,7-8,11-12H2,1-2H3,(H,21,23). The van der Waals surface area contributed by atoms with E-state index in [1.54, 1.807) is 11.3 Å². The molecule has 0 saturated heterocycles. The highest BCUT2D eigenvalue weighted by Gasteiger charge is 2.20. The molecule has 1 aromatic carbocycles. The first-order valence-corrected chi connectivity index (χ1v) is 9.88. The maximum atomic E-state index is 12.2. The van der Waals surface area contributed by atoms with Gasteiger partial charge in [-0.25, -0.2) is 4.98 Å². The van der Waals surface area contributed by atoms with Crippen molar-refractivity contribution < 1.29 is 9.53 Å². The minimum atomic E-state index is 0.0795. The van der Waals surface area contributed by atoms with Gasteiger partial charge in [-0.1, -0.05) is 24.6 Å². The van der Waals surface area contributed by atoms with E-state index in [2.05, 4.69) is 24.1 Å². The first kappa shape index (κ1) is 17.9. The topological polar surface area (TPSA) is 51.2 Å². The van der Waals surface area contributed by atoms with E-state index in [4.69, 9.17) is 4.74 Å². The summed E-state index contributed by atoms with van der Waals surface area (Å²) in [6.45, 7) is 4.78. The molecule has 0 bridgehead atoms. The fourth-order valence-electron chi connectivity index (χ4n) is 3.12. The third-order valence-corrected chi connectivity index (χ3v) is 5.58. The Morgan fingerprint density at radius 2 is 1.96 bits per heavy atom. The molecule has 0 spiro atoms. The normalized spacial score (nSPS) is 20.2. The van der Waals surface area contributed by atoms with Crippen LogP contribution in [0.1, 0.15) is 48.9 Å². The molecule has 134 valence electrons. The van der Waals surface area contributed by atoms with Crippen LogP contribution < -0.4 is 10.1 Å². The summed E-state index contributed by atoms with van der Waals surface area (Å²) in [7, 11) is 0. The molecule has 1 N–H and O–H groups in total. The van der Waals surface area contributed by atoms with E-state index in [1.165, 1.54) is 18.4 Å². The van der Waals surface area contributed by atoms with Crippen LogP contribution in [0.25, 0.3) is 0 Å². The maximum absolute atomic E-state index is 12.2. The average Bonchev–Trinajstić information content (AvgIpc) is 3.04. The van der Waals surface area contributed by atoms with Crippen molar-refractivity contribution in [2.75, 3.05) is 0 Å². The summed E-state index contributed by atoms with van der Waals surface area (Å²) in [6.07, 6.45) is 4.97. The zero-order valence-electron chi connectivity index (χ0n) is 15.0. The summed E-state index contributed by atoms with van der Waals surface area (Å²) in [5.41, 5.74) is 2.04. The van der Waals surface area contributed by atoms with Crippen molar-refractivity contribution in [3.05, 3.63) is 45.9 Å². The number of ether oxygens (including phenoxy) is 1. The summed E-state index contributed by atoms with van der Waals surface area (Å²) < 4.78 is 5.74. The quantitative estimate of drug-likeness (QED) is 0.839. The first-order chi connectivity index (χ1) is 12.1. The van der Waals surface area contributed by atoms with Gasteiger partial charge in [0.05, 0.1) is 12.1 Å². The van der Waals surface area contributed by atoms with E-state index in [9.17, 15) is 4.79 Å². The fraction of sp³-hybridized carbons (Fsp3) is 0.500. The lowest BCUT2D eigenvalue weighted by Gasteiger charge is -2.26. The van der Waals surface area contributed by atoms with Gasteiger partial charge in [-0.15, -0.1) is 11.3 Å². The highest BCUT2D eigenvalue weighted by molar-refractivity contribution is 7.09. The Hall–Kier alpha value is -1.88. The zero-order valence-corrected chi connectivity index (χ0v) is 15.8. The van der Waals surface area contributed by atoms with Crippen LogP contribution in [0.3, 0.4) is 0 Å². The number of hydrogen-bond donors (Lipinski definition) is 1. The number of rotatable bonds is 6. The molecule has 1 aliphatic carbocycles. The molecule has 0 atom stereocenters. The molecule has 1 fully saturated rings. The average molecular weight is 359 g/mol. The van der Waals surface area contributed by atoms with Gasteiger partial charge in [0.1, 0.15) is 17.4 Å². The SMILES string of the molecule is Cc1ccc(OCc2nc(CC(=O)NC3CCC(C)CC3)cs2)cc1. The molecular formula is C20H26N2O2S. The zero-order chi connectivity index (χ0) is 17.6. The van der Waals surface area contributed by atoms with Crippen LogP contribution in [-0.4, -0.2) is 16.9 Å². The second kappa shape index (κ2) is 8.48. The molecule has 1 aromatic heterocycles. The van der Waals surface area contributed by atoms with Gasteiger partial charge in [-0.3, -0.25) is 4.79 Å². The number of carbonyl (C=O) groups is 1. The summed E-state index contributed by atoms with van der Waals surface area (Å²) >= 11 is 1.54. The summed E-state index contributed by atoms with van der Waals surface area (Å²) in [4.78, 5) is 16.7. The van der Waals surface area contributed by atoms with E-state index in [-0.39, 0.29) is 5.91 Å². The van der Waals surface area contributed by atoms with Gasteiger partial charge in [0, 0.05) is 11.4 Å². The van der Waals surface area contributed by atoms with Crippen LogP contribution in [0.2, 0.25) is 0 Å². The molecule has 1 saturated carbocycles. The molecule has 4 nitrogen and oxygen atoms in total. The Kier molecular flexibility index (Phi) is 6.08. The molecule has 25 heavy (non-hydrogen) atoms. The first-order valence-electron chi connectivity index (χ1n) is 9.00. The van der Waals surface area contributed by atoms with Crippen molar-refractivity contribution in [1.29, 1.82) is 0 Å². The van der Waals surface area contributed by atoms with Crippen molar-refractivity contribution in [3.63, 3.8) is 0 Å². The summed E-state index contributed by atoms with van der Waals surface area (Å²) in [5, 5.41) is 6.01. The number of carbonyl (C=O) groups excluding carboxylic acids is 1. The van der Waals surface area contributed by atoms with E-state index >= 15 is 0 Å². The molecular weight excluding hydrogens is 332 g/mol.